The Kier molecular flexibility index (Phi) is 6.34. The van der Waals surface area contributed by atoms with Crippen LogP contribution in [0.3, 0.4) is 0 Å². The van der Waals surface area contributed by atoms with E-state index in [9.17, 15) is 30.4 Å². The van der Waals surface area contributed by atoms with Crippen LogP contribution in [-0.2, 0) is 9.84 Å². The van der Waals surface area contributed by atoms with Crippen LogP contribution in [0.1, 0.15) is 46.0 Å². The molecule has 0 aliphatic carbocycles. The van der Waals surface area contributed by atoms with Crippen molar-refractivity contribution >= 4 is 9.84 Å². The summed E-state index contributed by atoms with van der Waals surface area (Å²) in [6.45, 7) is 3.47. The molecule has 2 nitrogen and oxygen atoms in total. The minimum atomic E-state index is -4.66. The van der Waals surface area contributed by atoms with Crippen molar-refractivity contribution in [3.63, 3.8) is 0 Å². The quantitative estimate of drug-likeness (QED) is 0.316. The number of rotatable bonds is 7. The molecule has 0 amide bonds. The molecule has 0 N–H and O–H groups in total. The molecule has 1 atom stereocenters. The lowest BCUT2D eigenvalue weighted by Gasteiger charge is -2.18. The van der Waals surface area contributed by atoms with E-state index in [2.05, 4.69) is 0 Å². The average molecular weight is 344 g/mol. The van der Waals surface area contributed by atoms with Gasteiger partial charge in [0.2, 0.25) is 5.82 Å². The number of hydrogen-bond acceptors (Lipinski definition) is 2. The van der Waals surface area contributed by atoms with Crippen molar-refractivity contribution in [3.8, 4) is 0 Å². The van der Waals surface area contributed by atoms with Crippen LogP contribution in [0.2, 0.25) is 0 Å². The number of sulfone groups is 1. The second kappa shape index (κ2) is 7.39. The van der Waals surface area contributed by atoms with Crippen molar-refractivity contribution in [1.82, 2.24) is 0 Å². The van der Waals surface area contributed by atoms with Gasteiger partial charge in [-0.1, -0.05) is 33.1 Å². The van der Waals surface area contributed by atoms with Crippen molar-refractivity contribution in [3.05, 3.63) is 29.1 Å². The zero-order valence-electron chi connectivity index (χ0n) is 12.2. The molecule has 1 aromatic rings. The Balaban J connectivity index is 3.50. The van der Waals surface area contributed by atoms with E-state index in [1.807, 2.05) is 0 Å². The Hall–Kier alpha value is -1.18. The van der Waals surface area contributed by atoms with E-state index in [-0.39, 0.29) is 12.8 Å². The normalized spacial score (nSPS) is 13.4. The maximum absolute atomic E-state index is 13.7. The molecule has 0 radical (unpaired) electrons. The molecule has 1 rings (SSSR count). The summed E-state index contributed by atoms with van der Waals surface area (Å²) >= 11 is 0. The van der Waals surface area contributed by atoms with Gasteiger partial charge in [-0.3, -0.25) is 0 Å². The summed E-state index contributed by atoms with van der Waals surface area (Å²) in [5.74, 6) is -11.5. The second-order valence-electron chi connectivity index (χ2n) is 5.00. The maximum atomic E-state index is 13.7. The van der Waals surface area contributed by atoms with Crippen molar-refractivity contribution in [2.45, 2.75) is 56.1 Å². The molecule has 0 aliphatic heterocycles. The van der Waals surface area contributed by atoms with Crippen LogP contribution in [0, 0.1) is 29.1 Å². The summed E-state index contributed by atoms with van der Waals surface area (Å²) < 4.78 is 91.6. The molecule has 0 bridgehead atoms. The topological polar surface area (TPSA) is 34.1 Å². The Bertz CT molecular complexity index is 614. The minimum absolute atomic E-state index is 0.0851. The van der Waals surface area contributed by atoms with E-state index in [0.717, 1.165) is 0 Å². The van der Waals surface area contributed by atoms with Gasteiger partial charge in [0, 0.05) is 0 Å². The molecular formula is C14H17F5O2S. The predicted octanol–water partition coefficient (Wildman–Crippen LogP) is 4.51. The number of hydrogen-bond donors (Lipinski definition) is 0. The molecule has 0 saturated heterocycles. The van der Waals surface area contributed by atoms with Crippen molar-refractivity contribution < 1.29 is 30.4 Å². The summed E-state index contributed by atoms with van der Waals surface area (Å²) in [4.78, 5) is -1.72. The third kappa shape index (κ3) is 3.42. The Morgan fingerprint density at radius 1 is 0.773 bits per heavy atom. The number of benzene rings is 1. The van der Waals surface area contributed by atoms with Gasteiger partial charge in [0.25, 0.3) is 0 Å². The zero-order valence-corrected chi connectivity index (χ0v) is 13.0. The van der Waals surface area contributed by atoms with E-state index in [4.69, 9.17) is 0 Å². The fourth-order valence-corrected chi connectivity index (χ4v) is 4.24. The molecule has 0 aliphatic rings. The molecule has 1 unspecified atom stereocenters. The fourth-order valence-electron chi connectivity index (χ4n) is 2.21. The van der Waals surface area contributed by atoms with Gasteiger partial charge in [-0.05, 0) is 12.8 Å². The zero-order chi connectivity index (χ0) is 17.1. The van der Waals surface area contributed by atoms with Crippen molar-refractivity contribution in [1.29, 1.82) is 0 Å². The first-order valence-electron chi connectivity index (χ1n) is 6.95. The minimum Gasteiger partial charge on any atom is -0.223 e. The lowest BCUT2D eigenvalue weighted by Crippen LogP contribution is -2.25. The van der Waals surface area contributed by atoms with Gasteiger partial charge in [0.05, 0.1) is 5.25 Å². The van der Waals surface area contributed by atoms with Crippen LogP contribution in [0.4, 0.5) is 22.0 Å². The summed E-state index contributed by atoms with van der Waals surface area (Å²) in [6.07, 6.45) is 1.71. The van der Waals surface area contributed by atoms with E-state index in [1.54, 1.807) is 13.8 Å². The first-order chi connectivity index (χ1) is 10.2. The largest absolute Gasteiger partial charge is 0.223 e. The van der Waals surface area contributed by atoms with Gasteiger partial charge in [-0.15, -0.1) is 0 Å². The van der Waals surface area contributed by atoms with E-state index in [0.29, 0.717) is 19.3 Å². The maximum Gasteiger partial charge on any atom is 0.200 e. The highest BCUT2D eigenvalue weighted by molar-refractivity contribution is 7.92. The molecule has 0 saturated carbocycles. The highest BCUT2D eigenvalue weighted by Gasteiger charge is 2.37. The van der Waals surface area contributed by atoms with E-state index < -0.39 is 49.1 Å². The molecule has 8 heteroatoms. The van der Waals surface area contributed by atoms with Crippen molar-refractivity contribution in [2.75, 3.05) is 0 Å². The third-order valence-electron chi connectivity index (χ3n) is 3.38. The molecule has 0 heterocycles. The van der Waals surface area contributed by atoms with Crippen LogP contribution < -0.4 is 0 Å². The van der Waals surface area contributed by atoms with Gasteiger partial charge in [-0.25, -0.2) is 30.4 Å². The molecular weight excluding hydrogens is 327 g/mol. The van der Waals surface area contributed by atoms with Crippen LogP contribution >= 0.6 is 0 Å². The number of unbranched alkanes of at least 4 members (excludes halogenated alkanes) is 1. The van der Waals surface area contributed by atoms with Gasteiger partial charge < -0.3 is 0 Å². The molecule has 0 aromatic heterocycles. The molecule has 126 valence electrons. The summed E-state index contributed by atoms with van der Waals surface area (Å²) in [7, 11) is -4.66. The summed E-state index contributed by atoms with van der Waals surface area (Å²) in [5.41, 5.74) is 0. The van der Waals surface area contributed by atoms with Gasteiger partial charge in [-0.2, -0.15) is 0 Å². The highest BCUT2D eigenvalue weighted by Crippen LogP contribution is 2.31. The molecule has 22 heavy (non-hydrogen) atoms. The van der Waals surface area contributed by atoms with Crippen LogP contribution in [0.15, 0.2) is 4.90 Å². The SMILES string of the molecule is CCCCC(CCC)S(=O)(=O)c1c(F)c(F)c(F)c(F)c1F. The molecule has 0 spiro atoms. The monoisotopic (exact) mass is 344 g/mol. The molecule has 0 fully saturated rings. The first kappa shape index (κ1) is 18.9. The third-order valence-corrected chi connectivity index (χ3v) is 5.66. The lowest BCUT2D eigenvalue weighted by atomic mass is 10.1. The summed E-state index contributed by atoms with van der Waals surface area (Å²) in [5, 5.41) is -1.18. The second-order valence-corrected chi connectivity index (χ2v) is 7.16. The van der Waals surface area contributed by atoms with E-state index >= 15 is 0 Å². The van der Waals surface area contributed by atoms with Gasteiger partial charge in [0.1, 0.15) is 4.90 Å². The smallest absolute Gasteiger partial charge is 0.200 e. The fraction of sp³-hybridized carbons (Fsp3) is 0.571. The number of halogens is 5. The molecule has 1 aromatic carbocycles. The van der Waals surface area contributed by atoms with Crippen LogP contribution in [-0.4, -0.2) is 13.7 Å². The Labute approximate surface area is 126 Å². The van der Waals surface area contributed by atoms with Crippen LogP contribution in [0.25, 0.3) is 0 Å². The van der Waals surface area contributed by atoms with Crippen molar-refractivity contribution in [2.24, 2.45) is 0 Å². The average Bonchev–Trinajstić information content (AvgIpc) is 2.47. The van der Waals surface area contributed by atoms with Gasteiger partial charge in [0.15, 0.2) is 33.1 Å². The van der Waals surface area contributed by atoms with Crippen LogP contribution in [0.5, 0.6) is 0 Å². The Morgan fingerprint density at radius 3 is 1.64 bits per heavy atom. The highest BCUT2D eigenvalue weighted by atomic mass is 32.2. The standard InChI is InChI=1S/C14H17F5O2S/c1-3-5-7-8(6-4-2)22(20,21)14-12(18)10(16)9(15)11(17)13(14)19/h8H,3-7H2,1-2H3. The predicted molar refractivity (Wildman–Crippen MR) is 71.6 cm³/mol. The first-order valence-corrected chi connectivity index (χ1v) is 8.50. The van der Waals surface area contributed by atoms with Gasteiger partial charge >= 0.3 is 0 Å². The lowest BCUT2D eigenvalue weighted by molar-refractivity contribution is 0.357. The Morgan fingerprint density at radius 2 is 1.23 bits per heavy atom. The van der Waals surface area contributed by atoms with E-state index in [1.165, 1.54) is 0 Å². The summed E-state index contributed by atoms with van der Waals surface area (Å²) in [6, 6.07) is 0.